The van der Waals surface area contributed by atoms with Crippen LogP contribution >= 0.6 is 0 Å². The van der Waals surface area contributed by atoms with Crippen molar-refractivity contribution in [2.45, 2.75) is 31.1 Å². The Morgan fingerprint density at radius 2 is 1.58 bits per heavy atom. The summed E-state index contributed by atoms with van der Waals surface area (Å²) in [5, 5.41) is 21.2. The number of anilines is 1. The number of hydrogen-bond donors (Lipinski definition) is 5. The van der Waals surface area contributed by atoms with Crippen LogP contribution in [0.5, 0.6) is 0 Å². The highest BCUT2D eigenvalue weighted by Crippen LogP contribution is 2.16. The van der Waals surface area contributed by atoms with Gasteiger partial charge in [0.15, 0.2) is 5.96 Å². The smallest absolute Gasteiger partial charge is 0.414 e. The van der Waals surface area contributed by atoms with Crippen LogP contribution in [-0.4, -0.2) is 56.2 Å². The summed E-state index contributed by atoms with van der Waals surface area (Å²) in [4.78, 5) is 22.8. The summed E-state index contributed by atoms with van der Waals surface area (Å²) in [5.41, 5.74) is 3.23. The molecule has 0 amide bonds. The lowest BCUT2D eigenvalue weighted by atomic mass is 10.0. The fraction of sp³-hybridized carbons (Fsp3) is 0.318. The maximum atomic E-state index is 12.2. The fourth-order valence-corrected chi connectivity index (χ4v) is 3.89. The zero-order chi connectivity index (χ0) is 24.3. The van der Waals surface area contributed by atoms with Crippen molar-refractivity contribution in [1.29, 1.82) is 0 Å². The minimum absolute atomic E-state index is 0.312. The summed E-state index contributed by atoms with van der Waals surface area (Å²) < 4.78 is 27.1. The SMILES string of the molecule is CCCCNS(=O)(=O)c1ccc(Cc2ccc(NC3=NCCN3)cc2)cc1.O=C(O)C(=O)O. The van der Waals surface area contributed by atoms with Gasteiger partial charge in [-0.25, -0.2) is 22.7 Å². The number of unbranched alkanes of at least 4 members (excludes halogenated alkanes) is 1. The van der Waals surface area contributed by atoms with Crippen molar-refractivity contribution < 1.29 is 28.2 Å². The molecule has 1 aliphatic rings. The molecular formula is C22H28N4O6S. The van der Waals surface area contributed by atoms with Gasteiger partial charge in [-0.15, -0.1) is 0 Å². The Bertz CT molecular complexity index is 1060. The van der Waals surface area contributed by atoms with Gasteiger partial charge in [0, 0.05) is 18.8 Å². The molecule has 0 radical (unpaired) electrons. The molecule has 0 spiro atoms. The van der Waals surface area contributed by atoms with Crippen molar-refractivity contribution in [2.75, 3.05) is 25.0 Å². The van der Waals surface area contributed by atoms with Crippen LogP contribution in [0.2, 0.25) is 0 Å². The standard InChI is InChI=1S/C20H26N4O2S.C2H2O4/c1-2-3-12-23-27(25,26)19-10-6-17(7-11-19)15-16-4-8-18(9-5-16)24-20-21-13-14-22-20;3-1(4)2(5)6/h4-11,23H,2-3,12-15H2,1H3,(H2,21,22,24);(H,3,4)(H,5,6). The highest BCUT2D eigenvalue weighted by atomic mass is 32.2. The minimum atomic E-state index is -3.41. The Balaban J connectivity index is 0.000000569. The van der Waals surface area contributed by atoms with Crippen molar-refractivity contribution >= 4 is 33.6 Å². The van der Waals surface area contributed by atoms with E-state index in [0.29, 0.717) is 11.4 Å². The van der Waals surface area contributed by atoms with Gasteiger partial charge in [-0.1, -0.05) is 37.6 Å². The zero-order valence-corrected chi connectivity index (χ0v) is 19.1. The van der Waals surface area contributed by atoms with Gasteiger partial charge in [-0.05, 0) is 48.2 Å². The number of guanidine groups is 1. The number of sulfonamides is 1. The molecule has 3 rings (SSSR count). The average Bonchev–Trinajstić information content (AvgIpc) is 3.29. The quantitative estimate of drug-likeness (QED) is 0.285. The van der Waals surface area contributed by atoms with Gasteiger partial charge in [-0.3, -0.25) is 4.99 Å². The second kappa shape index (κ2) is 12.6. The van der Waals surface area contributed by atoms with Crippen LogP contribution in [0.25, 0.3) is 0 Å². The predicted octanol–water partition coefficient (Wildman–Crippen LogP) is 1.88. The second-order valence-electron chi connectivity index (χ2n) is 7.16. The van der Waals surface area contributed by atoms with E-state index in [1.165, 1.54) is 5.56 Å². The third-order valence-electron chi connectivity index (χ3n) is 4.54. The molecule has 0 atom stereocenters. The van der Waals surface area contributed by atoms with E-state index in [4.69, 9.17) is 19.8 Å². The van der Waals surface area contributed by atoms with Gasteiger partial charge >= 0.3 is 11.9 Å². The molecule has 2 aromatic carbocycles. The first kappa shape index (κ1) is 25.8. The topological polar surface area (TPSA) is 157 Å². The Labute approximate surface area is 192 Å². The van der Waals surface area contributed by atoms with Gasteiger partial charge in [0.1, 0.15) is 0 Å². The number of aliphatic carboxylic acids is 2. The van der Waals surface area contributed by atoms with E-state index in [2.05, 4.69) is 32.5 Å². The molecule has 178 valence electrons. The highest BCUT2D eigenvalue weighted by Gasteiger charge is 2.13. The number of benzene rings is 2. The summed E-state index contributed by atoms with van der Waals surface area (Å²) in [6, 6.07) is 15.3. The molecular weight excluding hydrogens is 448 g/mol. The number of nitrogens with one attached hydrogen (secondary N) is 3. The molecule has 33 heavy (non-hydrogen) atoms. The van der Waals surface area contributed by atoms with Crippen molar-refractivity contribution in [3.8, 4) is 0 Å². The van der Waals surface area contributed by atoms with Gasteiger partial charge in [0.05, 0.1) is 11.4 Å². The van der Waals surface area contributed by atoms with Gasteiger partial charge < -0.3 is 20.8 Å². The Morgan fingerprint density at radius 1 is 1.00 bits per heavy atom. The molecule has 1 aliphatic heterocycles. The lowest BCUT2D eigenvalue weighted by Crippen LogP contribution is -2.26. The average molecular weight is 477 g/mol. The van der Waals surface area contributed by atoms with E-state index in [0.717, 1.165) is 49.6 Å². The molecule has 0 saturated carbocycles. The second-order valence-corrected chi connectivity index (χ2v) is 8.93. The summed E-state index contributed by atoms with van der Waals surface area (Å²) in [5.74, 6) is -2.84. The Hall–Kier alpha value is -3.44. The Kier molecular flexibility index (Phi) is 9.83. The molecule has 2 aromatic rings. The van der Waals surface area contributed by atoms with Crippen LogP contribution in [0.15, 0.2) is 58.4 Å². The number of hydrogen-bond acceptors (Lipinski definition) is 7. The maximum Gasteiger partial charge on any atom is 0.414 e. The highest BCUT2D eigenvalue weighted by molar-refractivity contribution is 7.89. The van der Waals surface area contributed by atoms with E-state index in [-0.39, 0.29) is 0 Å². The van der Waals surface area contributed by atoms with Crippen molar-refractivity contribution in [3.05, 3.63) is 59.7 Å². The van der Waals surface area contributed by atoms with Crippen molar-refractivity contribution in [3.63, 3.8) is 0 Å². The molecule has 11 heteroatoms. The van der Waals surface area contributed by atoms with Crippen LogP contribution in [0.4, 0.5) is 5.69 Å². The monoisotopic (exact) mass is 476 g/mol. The van der Waals surface area contributed by atoms with Crippen LogP contribution in [-0.2, 0) is 26.0 Å². The lowest BCUT2D eigenvalue weighted by Gasteiger charge is -2.09. The first-order valence-corrected chi connectivity index (χ1v) is 11.9. The molecule has 0 aromatic heterocycles. The first-order valence-electron chi connectivity index (χ1n) is 10.4. The van der Waals surface area contributed by atoms with Crippen molar-refractivity contribution in [1.82, 2.24) is 10.0 Å². The first-order chi connectivity index (χ1) is 15.7. The van der Waals surface area contributed by atoms with E-state index >= 15 is 0 Å². The number of carbonyl (C=O) groups is 2. The molecule has 0 fully saturated rings. The molecule has 0 bridgehead atoms. The van der Waals surface area contributed by atoms with E-state index < -0.39 is 22.0 Å². The van der Waals surface area contributed by atoms with Gasteiger partial charge in [0.25, 0.3) is 0 Å². The van der Waals surface area contributed by atoms with Gasteiger partial charge in [-0.2, -0.15) is 0 Å². The largest absolute Gasteiger partial charge is 0.473 e. The normalized spacial score (nSPS) is 12.7. The van der Waals surface area contributed by atoms with Crippen LogP contribution in [0.1, 0.15) is 30.9 Å². The molecule has 1 heterocycles. The van der Waals surface area contributed by atoms with E-state index in [9.17, 15) is 8.42 Å². The molecule has 0 aliphatic carbocycles. The summed E-state index contributed by atoms with van der Waals surface area (Å²) in [6.45, 7) is 4.19. The Morgan fingerprint density at radius 3 is 2.06 bits per heavy atom. The maximum absolute atomic E-state index is 12.2. The van der Waals surface area contributed by atoms with Crippen LogP contribution in [0, 0.1) is 0 Å². The molecule has 0 unspecified atom stereocenters. The molecule has 5 N–H and O–H groups in total. The zero-order valence-electron chi connectivity index (χ0n) is 18.2. The molecule has 0 saturated heterocycles. The molecule has 10 nitrogen and oxygen atoms in total. The third kappa shape index (κ3) is 8.91. The number of carboxylic acid groups (broad SMARTS) is 2. The lowest BCUT2D eigenvalue weighted by molar-refractivity contribution is -0.159. The number of rotatable bonds is 8. The van der Waals surface area contributed by atoms with E-state index in [1.54, 1.807) is 12.1 Å². The number of carboxylic acids is 2. The third-order valence-corrected chi connectivity index (χ3v) is 6.02. The summed E-state index contributed by atoms with van der Waals surface area (Å²) in [6.07, 6.45) is 2.55. The predicted molar refractivity (Wildman–Crippen MR) is 125 cm³/mol. The summed E-state index contributed by atoms with van der Waals surface area (Å²) >= 11 is 0. The van der Waals surface area contributed by atoms with Gasteiger partial charge in [0.2, 0.25) is 10.0 Å². The number of aliphatic imine (C=N–C) groups is 1. The number of nitrogens with zero attached hydrogens (tertiary/aromatic N) is 1. The van der Waals surface area contributed by atoms with Crippen LogP contribution < -0.4 is 15.4 Å². The minimum Gasteiger partial charge on any atom is -0.473 e. The van der Waals surface area contributed by atoms with Crippen molar-refractivity contribution in [2.24, 2.45) is 4.99 Å². The summed E-state index contributed by atoms with van der Waals surface area (Å²) in [7, 11) is -3.41. The fourth-order valence-electron chi connectivity index (χ4n) is 2.81. The van der Waals surface area contributed by atoms with E-state index in [1.807, 2.05) is 31.2 Å². The van der Waals surface area contributed by atoms with Crippen LogP contribution in [0.3, 0.4) is 0 Å².